The van der Waals surface area contributed by atoms with Crippen LogP contribution in [0.4, 0.5) is 0 Å². The van der Waals surface area contributed by atoms with Crippen molar-refractivity contribution in [2.45, 2.75) is 19.8 Å². The summed E-state index contributed by atoms with van der Waals surface area (Å²) in [6.07, 6.45) is 1.59. The van der Waals surface area contributed by atoms with Crippen LogP contribution in [0.15, 0.2) is 16.6 Å². The van der Waals surface area contributed by atoms with E-state index in [9.17, 15) is 4.79 Å². The van der Waals surface area contributed by atoms with Crippen molar-refractivity contribution in [3.63, 3.8) is 0 Å². The molecule has 0 atom stereocenters. The minimum Gasteiger partial charge on any atom is -0.294 e. The van der Waals surface area contributed by atoms with Crippen LogP contribution in [0.25, 0.3) is 0 Å². The molecule has 0 radical (unpaired) electrons. The van der Waals surface area contributed by atoms with Gasteiger partial charge in [0.2, 0.25) is 0 Å². The molecule has 12 heavy (non-hydrogen) atoms. The van der Waals surface area contributed by atoms with Crippen molar-refractivity contribution < 1.29 is 4.79 Å². The fraction of sp³-hybridized carbons (Fsp3) is 0.300. The first-order valence-electron chi connectivity index (χ1n) is 4.00. The first-order valence-corrected chi connectivity index (χ1v) is 4.80. The van der Waals surface area contributed by atoms with Crippen molar-refractivity contribution in [2.75, 3.05) is 0 Å². The second-order valence-corrected chi connectivity index (χ2v) is 4.06. The Morgan fingerprint density at radius 1 is 1.33 bits per heavy atom. The highest BCUT2D eigenvalue weighted by atomic mass is 79.9. The van der Waals surface area contributed by atoms with Crippen LogP contribution in [-0.2, 0) is 6.42 Å². The standard InChI is InChI=1S/C10H9BrO/c1-6-4-7-2-3-9(12)10(7)8(11)5-6/h4-5H,2-3H2,1H3. The second kappa shape index (κ2) is 2.70. The molecule has 2 heteroatoms. The number of hydrogen-bond donors (Lipinski definition) is 0. The van der Waals surface area contributed by atoms with Gasteiger partial charge in [-0.2, -0.15) is 0 Å². The molecular weight excluding hydrogens is 216 g/mol. The smallest absolute Gasteiger partial charge is 0.164 e. The van der Waals surface area contributed by atoms with E-state index in [-0.39, 0.29) is 5.78 Å². The molecule has 1 aromatic carbocycles. The van der Waals surface area contributed by atoms with E-state index in [1.54, 1.807) is 0 Å². The summed E-state index contributed by atoms with van der Waals surface area (Å²) >= 11 is 3.42. The molecule has 0 amide bonds. The maximum atomic E-state index is 11.4. The number of hydrogen-bond acceptors (Lipinski definition) is 1. The van der Waals surface area contributed by atoms with E-state index < -0.39 is 0 Å². The van der Waals surface area contributed by atoms with Gasteiger partial charge in [0.1, 0.15) is 0 Å². The molecule has 0 spiro atoms. The SMILES string of the molecule is Cc1cc(Br)c2c(c1)CCC2=O. The summed E-state index contributed by atoms with van der Waals surface area (Å²) in [6.45, 7) is 2.05. The number of aryl methyl sites for hydroxylation is 2. The molecule has 0 aromatic heterocycles. The lowest BCUT2D eigenvalue weighted by atomic mass is 10.1. The van der Waals surface area contributed by atoms with Gasteiger partial charge in [-0.3, -0.25) is 4.79 Å². The third kappa shape index (κ3) is 1.11. The number of fused-ring (bicyclic) bond motifs is 1. The Balaban J connectivity index is 2.68. The molecule has 1 nitrogen and oxygen atoms in total. The molecule has 0 aliphatic heterocycles. The van der Waals surface area contributed by atoms with Gasteiger partial charge in [-0.15, -0.1) is 0 Å². The summed E-state index contributed by atoms with van der Waals surface area (Å²) < 4.78 is 0.958. The van der Waals surface area contributed by atoms with Gasteiger partial charge in [-0.05, 0) is 30.5 Å². The third-order valence-corrected chi connectivity index (χ3v) is 2.84. The van der Waals surface area contributed by atoms with Gasteiger partial charge < -0.3 is 0 Å². The molecule has 62 valence electrons. The number of carbonyl (C=O) groups excluding carboxylic acids is 1. The Bertz CT molecular complexity index is 355. The van der Waals surface area contributed by atoms with Gasteiger partial charge >= 0.3 is 0 Å². The number of benzene rings is 1. The highest BCUT2D eigenvalue weighted by molar-refractivity contribution is 9.10. The quantitative estimate of drug-likeness (QED) is 0.663. The summed E-state index contributed by atoms with van der Waals surface area (Å²) in [5.41, 5.74) is 3.32. The van der Waals surface area contributed by atoms with Gasteiger partial charge in [0.15, 0.2) is 5.78 Å². The Labute approximate surface area is 79.9 Å². The van der Waals surface area contributed by atoms with Gasteiger partial charge in [0.05, 0.1) is 0 Å². The fourth-order valence-corrected chi connectivity index (χ4v) is 2.53. The van der Waals surface area contributed by atoms with Crippen LogP contribution in [-0.4, -0.2) is 5.78 Å². The Morgan fingerprint density at radius 3 is 2.83 bits per heavy atom. The van der Waals surface area contributed by atoms with Gasteiger partial charge in [0, 0.05) is 16.5 Å². The second-order valence-electron chi connectivity index (χ2n) is 3.20. The molecule has 0 N–H and O–H groups in total. The highest BCUT2D eigenvalue weighted by Gasteiger charge is 2.21. The molecule has 1 aliphatic rings. The van der Waals surface area contributed by atoms with Crippen LogP contribution in [0.5, 0.6) is 0 Å². The van der Waals surface area contributed by atoms with Crippen LogP contribution in [0.2, 0.25) is 0 Å². The van der Waals surface area contributed by atoms with Crippen LogP contribution < -0.4 is 0 Å². The maximum Gasteiger partial charge on any atom is 0.164 e. The van der Waals surface area contributed by atoms with Crippen molar-refractivity contribution in [1.29, 1.82) is 0 Å². The maximum absolute atomic E-state index is 11.4. The van der Waals surface area contributed by atoms with Crippen molar-refractivity contribution in [2.24, 2.45) is 0 Å². The lowest BCUT2D eigenvalue weighted by Gasteiger charge is -2.02. The van der Waals surface area contributed by atoms with Crippen molar-refractivity contribution in [3.8, 4) is 0 Å². The van der Waals surface area contributed by atoms with Crippen molar-refractivity contribution in [1.82, 2.24) is 0 Å². The Kier molecular flexibility index (Phi) is 1.80. The molecule has 0 heterocycles. The molecule has 0 saturated heterocycles. The third-order valence-electron chi connectivity index (χ3n) is 2.22. The van der Waals surface area contributed by atoms with E-state index in [1.165, 1.54) is 11.1 Å². The first kappa shape index (κ1) is 7.99. The molecule has 0 saturated carbocycles. The molecule has 2 rings (SSSR count). The fourth-order valence-electron chi connectivity index (χ4n) is 1.70. The topological polar surface area (TPSA) is 17.1 Å². The van der Waals surface area contributed by atoms with Gasteiger partial charge in [-0.25, -0.2) is 0 Å². The summed E-state index contributed by atoms with van der Waals surface area (Å²) in [7, 11) is 0. The predicted octanol–water partition coefficient (Wildman–Crippen LogP) is 2.89. The highest BCUT2D eigenvalue weighted by Crippen LogP contribution is 2.30. The van der Waals surface area contributed by atoms with E-state index >= 15 is 0 Å². The minimum atomic E-state index is 0.275. The number of Topliss-reactive ketones (excluding diaryl/α,β-unsaturated/α-hetero) is 1. The summed E-state index contributed by atoms with van der Waals surface area (Å²) in [4.78, 5) is 11.4. The zero-order valence-corrected chi connectivity index (χ0v) is 8.44. The Morgan fingerprint density at radius 2 is 2.08 bits per heavy atom. The lowest BCUT2D eigenvalue weighted by Crippen LogP contribution is -1.93. The summed E-state index contributed by atoms with van der Waals surface area (Å²) in [5, 5.41) is 0. The Hall–Kier alpha value is -0.630. The number of ketones is 1. The number of halogens is 1. The largest absolute Gasteiger partial charge is 0.294 e. The van der Waals surface area contributed by atoms with Crippen LogP contribution in [0, 0.1) is 6.92 Å². The van der Waals surface area contributed by atoms with Crippen molar-refractivity contribution in [3.05, 3.63) is 33.3 Å². The van der Waals surface area contributed by atoms with E-state index in [4.69, 9.17) is 0 Å². The van der Waals surface area contributed by atoms with Gasteiger partial charge in [0.25, 0.3) is 0 Å². The van der Waals surface area contributed by atoms with E-state index in [0.29, 0.717) is 6.42 Å². The van der Waals surface area contributed by atoms with Crippen LogP contribution >= 0.6 is 15.9 Å². The van der Waals surface area contributed by atoms with Crippen molar-refractivity contribution >= 4 is 21.7 Å². The van der Waals surface area contributed by atoms with Gasteiger partial charge in [-0.1, -0.05) is 22.0 Å². The average molecular weight is 225 g/mol. The molecule has 1 aromatic rings. The molecule has 0 fully saturated rings. The molecular formula is C10H9BrO. The zero-order valence-electron chi connectivity index (χ0n) is 6.86. The predicted molar refractivity (Wildman–Crippen MR) is 51.5 cm³/mol. The van der Waals surface area contributed by atoms with Crippen LogP contribution in [0.3, 0.4) is 0 Å². The summed E-state index contributed by atoms with van der Waals surface area (Å²) in [6, 6.07) is 4.10. The monoisotopic (exact) mass is 224 g/mol. The summed E-state index contributed by atoms with van der Waals surface area (Å²) in [5.74, 6) is 0.275. The first-order chi connectivity index (χ1) is 5.68. The van der Waals surface area contributed by atoms with E-state index in [1.807, 2.05) is 13.0 Å². The lowest BCUT2D eigenvalue weighted by molar-refractivity contribution is 0.0994. The van der Waals surface area contributed by atoms with Crippen LogP contribution in [0.1, 0.15) is 27.9 Å². The average Bonchev–Trinajstić information content (AvgIpc) is 2.31. The molecule has 1 aliphatic carbocycles. The minimum absolute atomic E-state index is 0.275. The zero-order chi connectivity index (χ0) is 8.72. The van der Waals surface area contributed by atoms with E-state index in [0.717, 1.165) is 16.5 Å². The molecule has 0 bridgehead atoms. The number of rotatable bonds is 0. The molecule has 0 unspecified atom stereocenters. The van der Waals surface area contributed by atoms with E-state index in [2.05, 4.69) is 22.0 Å². The normalized spacial score (nSPS) is 15.0. The number of carbonyl (C=O) groups is 1.